The Morgan fingerprint density at radius 1 is 0.950 bits per heavy atom. The van der Waals surface area contributed by atoms with E-state index in [4.69, 9.17) is 8.92 Å². The van der Waals surface area contributed by atoms with Gasteiger partial charge in [0.1, 0.15) is 0 Å². The summed E-state index contributed by atoms with van der Waals surface area (Å²) in [4.78, 5) is 0.222. The lowest BCUT2D eigenvalue weighted by atomic mass is 10.2. The van der Waals surface area contributed by atoms with Gasteiger partial charge in [-0.2, -0.15) is 8.42 Å². The molecule has 0 bridgehead atoms. The lowest BCUT2D eigenvalue weighted by Crippen LogP contribution is -2.07. The number of ether oxygens (including phenoxy) is 1. The van der Waals surface area contributed by atoms with Crippen LogP contribution in [-0.4, -0.2) is 28.2 Å². The summed E-state index contributed by atoms with van der Waals surface area (Å²) >= 11 is 0. The highest BCUT2D eigenvalue weighted by atomic mass is 32.2. The van der Waals surface area contributed by atoms with Gasteiger partial charge in [-0.1, -0.05) is 30.5 Å². The molecule has 4 nitrogen and oxygen atoms in total. The predicted molar refractivity (Wildman–Crippen MR) is 79.3 cm³/mol. The van der Waals surface area contributed by atoms with E-state index in [1.807, 2.05) is 13.8 Å². The summed E-state index contributed by atoms with van der Waals surface area (Å²) in [7, 11) is -3.60. The van der Waals surface area contributed by atoms with E-state index in [1.165, 1.54) is 0 Å². The average molecular weight is 300 g/mol. The Labute approximate surface area is 122 Å². The second kappa shape index (κ2) is 9.10. The van der Waals surface area contributed by atoms with E-state index in [-0.39, 0.29) is 11.5 Å². The van der Waals surface area contributed by atoms with Gasteiger partial charge in [-0.3, -0.25) is 4.18 Å². The van der Waals surface area contributed by atoms with Gasteiger partial charge in [0.2, 0.25) is 0 Å². The van der Waals surface area contributed by atoms with E-state index in [9.17, 15) is 8.42 Å². The van der Waals surface area contributed by atoms with Crippen molar-refractivity contribution in [2.24, 2.45) is 0 Å². The first-order chi connectivity index (χ1) is 9.56. The van der Waals surface area contributed by atoms with Crippen molar-refractivity contribution in [2.45, 2.75) is 44.4 Å². The molecule has 114 valence electrons. The van der Waals surface area contributed by atoms with E-state index in [2.05, 4.69) is 0 Å². The van der Waals surface area contributed by atoms with Gasteiger partial charge >= 0.3 is 0 Å². The van der Waals surface area contributed by atoms with Crippen molar-refractivity contribution >= 4 is 10.1 Å². The minimum Gasteiger partial charge on any atom is -0.382 e. The Bertz CT molecular complexity index is 465. The van der Waals surface area contributed by atoms with Crippen LogP contribution in [0.4, 0.5) is 0 Å². The van der Waals surface area contributed by atoms with E-state index >= 15 is 0 Å². The van der Waals surface area contributed by atoms with Crippen molar-refractivity contribution < 1.29 is 17.3 Å². The second-order valence-corrected chi connectivity index (χ2v) is 6.32. The van der Waals surface area contributed by atoms with Crippen molar-refractivity contribution in [1.82, 2.24) is 0 Å². The van der Waals surface area contributed by atoms with E-state index < -0.39 is 10.1 Å². The summed E-state index contributed by atoms with van der Waals surface area (Å²) in [6.07, 6.45) is 3.75. The highest BCUT2D eigenvalue weighted by Gasteiger charge is 2.14. The van der Waals surface area contributed by atoms with Crippen molar-refractivity contribution in [2.75, 3.05) is 19.8 Å². The molecule has 0 saturated carbocycles. The van der Waals surface area contributed by atoms with Gasteiger partial charge < -0.3 is 4.74 Å². The highest BCUT2D eigenvalue weighted by Crippen LogP contribution is 2.14. The van der Waals surface area contributed by atoms with Gasteiger partial charge in [-0.05, 0) is 38.8 Å². The molecule has 0 saturated heterocycles. The number of aryl methyl sites for hydroxylation is 1. The topological polar surface area (TPSA) is 52.6 Å². The van der Waals surface area contributed by atoms with Gasteiger partial charge in [0, 0.05) is 13.2 Å². The zero-order chi connectivity index (χ0) is 14.8. The Balaban J connectivity index is 2.22. The molecule has 0 amide bonds. The second-order valence-electron chi connectivity index (χ2n) is 4.70. The predicted octanol–water partition coefficient (Wildman–Crippen LogP) is 3.30. The van der Waals surface area contributed by atoms with Crippen LogP contribution in [0.3, 0.4) is 0 Å². The smallest absolute Gasteiger partial charge is 0.296 e. The fourth-order valence-electron chi connectivity index (χ4n) is 1.75. The lowest BCUT2D eigenvalue weighted by molar-refractivity contribution is 0.142. The summed E-state index contributed by atoms with van der Waals surface area (Å²) in [6, 6.07) is 6.69. The van der Waals surface area contributed by atoms with Crippen LogP contribution in [-0.2, 0) is 19.0 Å². The normalized spacial score (nSPS) is 11.7. The Kier molecular flexibility index (Phi) is 7.80. The summed E-state index contributed by atoms with van der Waals surface area (Å²) in [5, 5.41) is 0. The maximum atomic E-state index is 11.9. The standard InChI is InChI=1S/C15H24O4S/c1-3-18-12-6-4-5-7-13-19-20(16,17)15-10-8-14(2)9-11-15/h8-11H,3-7,12-13H2,1-2H3. The van der Waals surface area contributed by atoms with Gasteiger partial charge in [0.05, 0.1) is 11.5 Å². The molecule has 0 fully saturated rings. The first-order valence-electron chi connectivity index (χ1n) is 7.10. The number of hydrogen-bond donors (Lipinski definition) is 0. The van der Waals surface area contributed by atoms with Crippen molar-refractivity contribution in [3.63, 3.8) is 0 Å². The van der Waals surface area contributed by atoms with E-state index in [0.29, 0.717) is 0 Å². The third-order valence-electron chi connectivity index (χ3n) is 2.94. The molecule has 1 aromatic carbocycles. The molecule has 0 aromatic heterocycles. The first-order valence-corrected chi connectivity index (χ1v) is 8.51. The molecule has 0 heterocycles. The number of hydrogen-bond acceptors (Lipinski definition) is 4. The minimum absolute atomic E-state index is 0.222. The molecule has 0 radical (unpaired) electrons. The van der Waals surface area contributed by atoms with Crippen LogP contribution >= 0.6 is 0 Å². The van der Waals surface area contributed by atoms with Crippen LogP contribution in [0.15, 0.2) is 29.2 Å². The summed E-state index contributed by atoms with van der Waals surface area (Å²) in [5.41, 5.74) is 1.03. The molecule has 0 atom stereocenters. The van der Waals surface area contributed by atoms with Crippen LogP contribution in [0.2, 0.25) is 0 Å². The molecule has 0 spiro atoms. The van der Waals surface area contributed by atoms with Crippen LogP contribution < -0.4 is 0 Å². The molecule has 0 unspecified atom stereocenters. The minimum atomic E-state index is -3.60. The monoisotopic (exact) mass is 300 g/mol. The van der Waals surface area contributed by atoms with Crippen molar-refractivity contribution in [3.8, 4) is 0 Å². The maximum Gasteiger partial charge on any atom is 0.296 e. The maximum absolute atomic E-state index is 11.9. The van der Waals surface area contributed by atoms with Crippen LogP contribution in [0.1, 0.15) is 38.2 Å². The highest BCUT2D eigenvalue weighted by molar-refractivity contribution is 7.86. The molecule has 1 aromatic rings. The number of rotatable bonds is 10. The van der Waals surface area contributed by atoms with Crippen molar-refractivity contribution in [3.05, 3.63) is 29.8 Å². The van der Waals surface area contributed by atoms with Gasteiger partial charge in [0.25, 0.3) is 10.1 Å². The van der Waals surface area contributed by atoms with Crippen molar-refractivity contribution in [1.29, 1.82) is 0 Å². The first kappa shape index (κ1) is 17.1. The summed E-state index contributed by atoms with van der Waals surface area (Å²) in [5.74, 6) is 0. The molecule has 0 N–H and O–H groups in total. The third-order valence-corrected chi connectivity index (χ3v) is 4.26. The summed E-state index contributed by atoms with van der Waals surface area (Å²) in [6.45, 7) is 5.66. The molecule has 5 heteroatoms. The molecule has 0 aliphatic rings. The Morgan fingerprint density at radius 2 is 1.55 bits per heavy atom. The van der Waals surface area contributed by atoms with Gasteiger partial charge in [-0.15, -0.1) is 0 Å². The van der Waals surface area contributed by atoms with E-state index in [1.54, 1.807) is 24.3 Å². The Morgan fingerprint density at radius 3 is 2.15 bits per heavy atom. The molecule has 0 aliphatic carbocycles. The zero-order valence-corrected chi connectivity index (χ0v) is 13.1. The largest absolute Gasteiger partial charge is 0.382 e. The average Bonchev–Trinajstić information content (AvgIpc) is 2.42. The molecule has 0 aliphatic heterocycles. The fraction of sp³-hybridized carbons (Fsp3) is 0.600. The zero-order valence-electron chi connectivity index (χ0n) is 12.3. The third kappa shape index (κ3) is 6.50. The molecule has 20 heavy (non-hydrogen) atoms. The van der Waals surface area contributed by atoms with Gasteiger partial charge in [0.15, 0.2) is 0 Å². The van der Waals surface area contributed by atoms with Gasteiger partial charge in [-0.25, -0.2) is 0 Å². The number of benzene rings is 1. The van der Waals surface area contributed by atoms with E-state index in [0.717, 1.165) is 44.5 Å². The van der Waals surface area contributed by atoms with Crippen LogP contribution in [0.5, 0.6) is 0 Å². The molecule has 1 rings (SSSR count). The number of unbranched alkanes of at least 4 members (excludes halogenated alkanes) is 3. The fourth-order valence-corrected chi connectivity index (χ4v) is 2.69. The van der Waals surface area contributed by atoms with Crippen LogP contribution in [0.25, 0.3) is 0 Å². The summed E-state index contributed by atoms with van der Waals surface area (Å²) < 4.78 is 34.0. The van der Waals surface area contributed by atoms with Crippen LogP contribution in [0, 0.1) is 6.92 Å². The molecular weight excluding hydrogens is 276 g/mol. The Hall–Kier alpha value is -0.910. The quantitative estimate of drug-likeness (QED) is 0.491. The molecular formula is C15H24O4S. The lowest BCUT2D eigenvalue weighted by Gasteiger charge is -2.06. The SMILES string of the molecule is CCOCCCCCCOS(=O)(=O)c1ccc(C)cc1.